The molecule has 2 bridgehead atoms. The number of ketones is 1. The van der Waals surface area contributed by atoms with Gasteiger partial charge in [-0.15, -0.1) is 4.57 Å². The van der Waals surface area contributed by atoms with E-state index in [1.807, 2.05) is 39.9 Å². The monoisotopic (exact) mass is 1150 g/mol. The van der Waals surface area contributed by atoms with Crippen LogP contribution in [-0.2, 0) is 54.0 Å². The number of amides is 1. The molecule has 4 aliphatic rings. The number of carbonyl (C=O) groups is 6. The maximum Gasteiger partial charge on any atom is 0.512 e. The molecule has 1 saturated heterocycles. The van der Waals surface area contributed by atoms with E-state index in [2.05, 4.69) is 26.1 Å². The molecule has 0 spiro atoms. The van der Waals surface area contributed by atoms with Gasteiger partial charge in [-0.2, -0.15) is 4.79 Å². The predicted octanol–water partition coefficient (Wildman–Crippen LogP) is 9.54. The summed E-state index contributed by atoms with van der Waals surface area (Å²) in [6, 6.07) is 26.7. The van der Waals surface area contributed by atoms with Gasteiger partial charge in [-0.3, -0.25) is 14.4 Å². The summed E-state index contributed by atoms with van der Waals surface area (Å²) in [6.07, 6.45) is -5.22. The van der Waals surface area contributed by atoms with E-state index in [-0.39, 0.29) is 29.7 Å². The molecule has 19 heteroatoms. The fourth-order valence-corrected chi connectivity index (χ4v) is 17.0. The molecule has 436 valence electrons. The number of aryl methyl sites for hydroxylation is 1. The third-order valence-corrected chi connectivity index (χ3v) is 28.0. The molecule has 4 aromatic rings. The highest BCUT2D eigenvalue weighted by molar-refractivity contribution is 6.74. The number of hydrogen-bond acceptors (Lipinski definition) is 14. The number of Topliss-reactive ketones (excluding diaryl/α,β-unsaturated/α-hetero) is 1. The van der Waals surface area contributed by atoms with Crippen LogP contribution in [0.1, 0.15) is 121 Å². The van der Waals surface area contributed by atoms with Gasteiger partial charge in [0.1, 0.15) is 36.3 Å². The molecule has 17 nitrogen and oxygen atoms in total. The van der Waals surface area contributed by atoms with Crippen LogP contribution >= 0.6 is 0 Å². The second kappa shape index (κ2) is 22.9. The molecule has 2 N–H and O–H groups in total. The maximum atomic E-state index is 17.0. The van der Waals surface area contributed by atoms with Gasteiger partial charge in [-0.1, -0.05) is 122 Å². The molecule has 2 heterocycles. The lowest BCUT2D eigenvalue weighted by Gasteiger charge is -2.68. The van der Waals surface area contributed by atoms with Crippen LogP contribution in [0.2, 0.25) is 36.3 Å². The van der Waals surface area contributed by atoms with Crippen molar-refractivity contribution in [2.75, 3.05) is 6.61 Å². The quantitative estimate of drug-likeness (QED) is 0.0332. The molecule has 3 fully saturated rings. The Balaban J connectivity index is 1.40. The summed E-state index contributed by atoms with van der Waals surface area (Å²) in [7, 11) is -3.96. The van der Waals surface area contributed by atoms with Crippen molar-refractivity contribution in [3.8, 4) is 0 Å². The zero-order valence-corrected chi connectivity index (χ0v) is 51.4. The second-order valence-corrected chi connectivity index (χ2v) is 34.3. The molecule has 2 unspecified atom stereocenters. The fourth-order valence-electron chi connectivity index (χ4n) is 12.8. The van der Waals surface area contributed by atoms with Crippen molar-refractivity contribution in [1.29, 1.82) is 0 Å². The molecule has 2 saturated carbocycles. The Kier molecular flexibility index (Phi) is 17.3. The molecule has 8 rings (SSSR count). The number of rotatable bonds is 17. The minimum Gasteiger partial charge on any atom is -0.456 e. The zero-order valence-electron chi connectivity index (χ0n) is 49.4. The van der Waals surface area contributed by atoms with Gasteiger partial charge in [-0.05, 0) is 91.1 Å². The maximum absolute atomic E-state index is 17.0. The van der Waals surface area contributed by atoms with Crippen LogP contribution < -0.4 is 9.88 Å². The number of fused-ring (bicyclic) bond motifs is 5. The molecular formula is C62H82N3O14Si2+. The van der Waals surface area contributed by atoms with Gasteiger partial charge in [0.25, 0.3) is 12.2 Å². The van der Waals surface area contributed by atoms with Crippen molar-refractivity contribution < 1.29 is 71.0 Å². The lowest BCUT2D eigenvalue weighted by atomic mass is 9.44. The largest absolute Gasteiger partial charge is 0.512 e. The first kappa shape index (κ1) is 61.0. The van der Waals surface area contributed by atoms with Gasteiger partial charge in [0.05, 0.1) is 42.7 Å². The molecular weight excluding hydrogens is 1070 g/mol. The Hall–Kier alpha value is -6.10. The highest BCUT2D eigenvalue weighted by atomic mass is 28.4. The number of benzene rings is 3. The summed E-state index contributed by atoms with van der Waals surface area (Å²) >= 11 is 0. The molecule has 3 aromatic carbocycles. The number of imidazole rings is 1. The van der Waals surface area contributed by atoms with E-state index in [0.29, 0.717) is 29.3 Å². The Morgan fingerprint density at radius 2 is 1.44 bits per heavy atom. The minimum atomic E-state index is -2.98. The summed E-state index contributed by atoms with van der Waals surface area (Å²) < 4.78 is 50.6. The molecule has 81 heavy (non-hydrogen) atoms. The normalized spacial score (nSPS) is 27.9. The topological polar surface area (TPSA) is 208 Å². The van der Waals surface area contributed by atoms with Crippen LogP contribution in [0.3, 0.4) is 0 Å². The van der Waals surface area contributed by atoms with E-state index in [1.54, 1.807) is 130 Å². The summed E-state index contributed by atoms with van der Waals surface area (Å²) in [5.74, 6) is -5.09. The van der Waals surface area contributed by atoms with Crippen LogP contribution in [0, 0.1) is 16.7 Å². The highest BCUT2D eigenvalue weighted by Crippen LogP contribution is 2.65. The van der Waals surface area contributed by atoms with Crippen LogP contribution in [0.5, 0.6) is 0 Å². The Morgan fingerprint density at radius 1 is 0.864 bits per heavy atom. The summed E-state index contributed by atoms with van der Waals surface area (Å²) in [6.45, 7) is 23.9. The van der Waals surface area contributed by atoms with Crippen LogP contribution in [0.25, 0.3) is 0 Å². The Labute approximate surface area is 478 Å². The van der Waals surface area contributed by atoms with Crippen molar-refractivity contribution in [2.24, 2.45) is 23.8 Å². The lowest BCUT2D eigenvalue weighted by molar-refractivity contribution is -0.670. The average molecular weight is 1150 g/mol. The zero-order chi connectivity index (χ0) is 59.3. The molecule has 0 radical (unpaired) electrons. The molecule has 1 amide bonds. The molecule has 1 aromatic heterocycles. The first-order valence-electron chi connectivity index (χ1n) is 28.3. The van der Waals surface area contributed by atoms with E-state index in [4.69, 9.17) is 32.5 Å². The third kappa shape index (κ3) is 11.1. The second-order valence-electron chi connectivity index (χ2n) is 24.8. The van der Waals surface area contributed by atoms with Gasteiger partial charge in [0.15, 0.2) is 40.2 Å². The summed E-state index contributed by atoms with van der Waals surface area (Å²) in [5.41, 5.74) is -6.31. The van der Waals surface area contributed by atoms with Crippen molar-refractivity contribution in [2.45, 2.75) is 179 Å². The first-order valence-corrected chi connectivity index (χ1v) is 33.7. The fraction of sp³-hybridized carbons (Fsp3) is 0.532. The van der Waals surface area contributed by atoms with Gasteiger partial charge in [0, 0.05) is 30.7 Å². The van der Waals surface area contributed by atoms with Crippen LogP contribution in [0.15, 0.2) is 121 Å². The van der Waals surface area contributed by atoms with Gasteiger partial charge < -0.3 is 43.0 Å². The van der Waals surface area contributed by atoms with E-state index >= 15 is 14.4 Å². The molecule has 1 aliphatic heterocycles. The first-order chi connectivity index (χ1) is 38.0. The van der Waals surface area contributed by atoms with Gasteiger partial charge in [0.2, 0.25) is 0 Å². The van der Waals surface area contributed by atoms with Gasteiger partial charge in [-0.25, -0.2) is 14.2 Å². The number of nitrogens with one attached hydrogen (secondary N) is 1. The lowest BCUT2D eigenvalue weighted by Crippen LogP contribution is -2.82. The van der Waals surface area contributed by atoms with E-state index in [9.17, 15) is 19.5 Å². The molecule has 3 aliphatic carbocycles. The number of aromatic nitrogens is 2. The summed E-state index contributed by atoms with van der Waals surface area (Å²) in [5, 5.41) is 17.3. The number of esters is 3. The van der Waals surface area contributed by atoms with Gasteiger partial charge >= 0.3 is 24.0 Å². The van der Waals surface area contributed by atoms with Crippen molar-refractivity contribution in [3.63, 3.8) is 0 Å². The smallest absolute Gasteiger partial charge is 0.456 e. The average Bonchev–Trinajstić information content (AvgIpc) is 1.00. The number of ether oxygens (including phenoxy) is 5. The number of carbonyl (C=O) groups excluding carboxylic acids is 6. The standard InChI is InChI=1S/C62H81N3O14Si2/c1-15-81(16-2,17-3)78-45-35-46-61(37-73-46,77-40(5)66)51-53(76-55(69)43-31-25-20-26-32-43)62(72)36-44(39(4)47(59(62,9)10)49(52(67)60(45,51)11)75-57(71)65-34-33-64(12)38-65)74-56(70)50(79-80(13,14)58(6,7)8)48(41-27-21-18-22-28-41)63-54(68)42-29-23-19-24-30-42/h18-34,38,44-46,48-51,53,72H,15-17,35-37H2,1-14H3/p+1/t44-,45-,46?,48-,49+,50+,51-,53-,60?,61-,62+/m0/s1. The number of nitrogens with zero attached hydrogens (tertiary/aromatic N) is 2. The van der Waals surface area contributed by atoms with Crippen molar-refractivity contribution >= 4 is 52.3 Å². The van der Waals surface area contributed by atoms with Crippen molar-refractivity contribution in [1.82, 2.24) is 9.88 Å². The number of aliphatic hydroxyl groups is 1. The van der Waals surface area contributed by atoms with E-state index < -0.39 is 134 Å². The van der Waals surface area contributed by atoms with Crippen LogP contribution in [0.4, 0.5) is 4.79 Å². The SMILES string of the molecule is CC[Si](CC)(CC)O[C@H]1CC2OC[C@@]2(OC(C)=O)[C@H]2[C@H](OC(=O)c3ccccc3)[C@]3(O)C[C@H](OC(=O)[C@H](O[Si](C)(C)C(C)(C)C)[C@@H](NC(=O)c4ccccc4)c4ccccc4)C(C)=C([C@@H](OC(=O)n4cc[n+](C)c4)C(=O)C12C)C3(C)C. The minimum absolute atomic E-state index is 0.0628. The predicted molar refractivity (Wildman–Crippen MR) is 306 cm³/mol. The number of hydrogen-bond donors (Lipinski definition) is 2. The van der Waals surface area contributed by atoms with E-state index in [1.165, 1.54) is 24.0 Å². The highest BCUT2D eigenvalue weighted by Gasteiger charge is 2.79. The Bertz CT molecular complexity index is 3020. The Morgan fingerprint density at radius 3 is 1.96 bits per heavy atom. The summed E-state index contributed by atoms with van der Waals surface area (Å²) in [4.78, 5) is 90.8. The van der Waals surface area contributed by atoms with E-state index in [0.717, 1.165) is 0 Å². The third-order valence-electron chi connectivity index (χ3n) is 18.9. The van der Waals surface area contributed by atoms with Crippen LogP contribution in [-0.4, -0.2) is 116 Å². The molecule has 11 atom stereocenters. The van der Waals surface area contributed by atoms with Crippen molar-refractivity contribution in [3.05, 3.63) is 138 Å².